The second-order valence-corrected chi connectivity index (χ2v) is 5.04. The number of amides is 1. The molecule has 7 heteroatoms. The zero-order valence-electron chi connectivity index (χ0n) is 11.5. The fourth-order valence-corrected chi connectivity index (χ4v) is 1.37. The van der Waals surface area contributed by atoms with Crippen LogP contribution in [-0.4, -0.2) is 39.2 Å². The fourth-order valence-electron chi connectivity index (χ4n) is 1.37. The number of nitrogens with zero attached hydrogens (tertiary/aromatic N) is 1. The summed E-state index contributed by atoms with van der Waals surface area (Å²) in [4.78, 5) is 25.9. The maximum absolute atomic E-state index is 11.4. The van der Waals surface area contributed by atoms with Gasteiger partial charge in [-0.25, -0.2) is 4.98 Å². The smallest absolute Gasteiger partial charge is 0.303 e. The van der Waals surface area contributed by atoms with Crippen molar-refractivity contribution in [3.8, 4) is 0 Å². The minimum atomic E-state index is -1.01. The number of carbonyl (C=O) groups is 2. The highest BCUT2D eigenvalue weighted by Gasteiger charge is 2.16. The van der Waals surface area contributed by atoms with Crippen LogP contribution in [-0.2, 0) is 9.59 Å². The molecule has 7 nitrogen and oxygen atoms in total. The van der Waals surface area contributed by atoms with Gasteiger partial charge in [0.1, 0.15) is 5.82 Å². The maximum atomic E-state index is 11.4. The predicted molar refractivity (Wildman–Crippen MR) is 74.5 cm³/mol. The van der Waals surface area contributed by atoms with Crippen molar-refractivity contribution in [3.05, 3.63) is 18.3 Å². The number of aromatic nitrogens is 1. The number of carboxylic acids is 1. The van der Waals surface area contributed by atoms with E-state index in [2.05, 4.69) is 15.6 Å². The minimum absolute atomic E-state index is 0.0393. The van der Waals surface area contributed by atoms with Gasteiger partial charge in [-0.2, -0.15) is 0 Å². The van der Waals surface area contributed by atoms with Gasteiger partial charge < -0.3 is 20.8 Å². The van der Waals surface area contributed by atoms with Crippen molar-refractivity contribution in [1.82, 2.24) is 4.98 Å². The van der Waals surface area contributed by atoms with Crippen molar-refractivity contribution in [2.24, 2.45) is 0 Å². The van der Waals surface area contributed by atoms with Gasteiger partial charge in [0.25, 0.3) is 0 Å². The normalized spacial score (nSPS) is 10.9. The van der Waals surface area contributed by atoms with Gasteiger partial charge in [-0.3, -0.25) is 9.59 Å². The summed E-state index contributed by atoms with van der Waals surface area (Å²) < 4.78 is 0. The summed E-state index contributed by atoms with van der Waals surface area (Å²) in [5.74, 6) is -0.803. The van der Waals surface area contributed by atoms with Crippen molar-refractivity contribution in [2.45, 2.75) is 32.2 Å². The molecule has 0 atom stereocenters. The molecule has 20 heavy (non-hydrogen) atoms. The van der Waals surface area contributed by atoms with E-state index in [1.165, 1.54) is 6.20 Å². The summed E-state index contributed by atoms with van der Waals surface area (Å²) in [5, 5.41) is 23.2. The van der Waals surface area contributed by atoms with Gasteiger partial charge in [0, 0.05) is 6.42 Å². The molecule has 1 rings (SSSR count). The van der Waals surface area contributed by atoms with Crippen LogP contribution in [0.5, 0.6) is 0 Å². The van der Waals surface area contributed by atoms with Gasteiger partial charge in [0.15, 0.2) is 0 Å². The maximum Gasteiger partial charge on any atom is 0.303 e. The number of anilines is 2. The fraction of sp³-hybridized carbons (Fsp3) is 0.462. The first-order chi connectivity index (χ1) is 9.32. The molecule has 0 bridgehead atoms. The Morgan fingerprint density at radius 2 is 2.00 bits per heavy atom. The Balaban J connectivity index is 2.54. The van der Waals surface area contributed by atoms with Crippen LogP contribution < -0.4 is 10.6 Å². The Hall–Kier alpha value is -2.15. The number of carboxylic acid groups (broad SMARTS) is 1. The molecular weight excluding hydrogens is 262 g/mol. The van der Waals surface area contributed by atoms with Gasteiger partial charge in [-0.05, 0) is 26.0 Å². The van der Waals surface area contributed by atoms with Crippen molar-refractivity contribution in [1.29, 1.82) is 0 Å². The zero-order chi connectivity index (χ0) is 15.2. The number of aliphatic carboxylic acids is 1. The first-order valence-electron chi connectivity index (χ1n) is 6.19. The summed E-state index contributed by atoms with van der Waals surface area (Å²) in [6, 6.07) is 3.33. The van der Waals surface area contributed by atoms with Gasteiger partial charge >= 0.3 is 5.97 Å². The van der Waals surface area contributed by atoms with Crippen molar-refractivity contribution >= 4 is 23.4 Å². The third kappa shape index (κ3) is 5.66. The molecule has 0 aliphatic rings. The van der Waals surface area contributed by atoms with E-state index in [9.17, 15) is 9.59 Å². The Kier molecular flexibility index (Phi) is 5.45. The highest BCUT2D eigenvalue weighted by atomic mass is 16.4. The molecule has 1 aromatic heterocycles. The highest BCUT2D eigenvalue weighted by Crippen LogP contribution is 2.14. The van der Waals surface area contributed by atoms with Gasteiger partial charge in [-0.1, -0.05) is 0 Å². The molecule has 0 aromatic carbocycles. The average molecular weight is 281 g/mol. The molecule has 0 fully saturated rings. The molecule has 1 heterocycles. The van der Waals surface area contributed by atoms with Crippen molar-refractivity contribution < 1.29 is 19.8 Å². The quantitative estimate of drug-likeness (QED) is 0.595. The summed E-state index contributed by atoms with van der Waals surface area (Å²) in [6.45, 7) is 3.62. The van der Waals surface area contributed by atoms with Crippen LogP contribution in [0.2, 0.25) is 0 Å². The Bertz CT molecular complexity index is 471. The van der Waals surface area contributed by atoms with E-state index in [0.717, 1.165) is 0 Å². The number of hydrogen-bond acceptors (Lipinski definition) is 5. The number of hydrogen-bond donors (Lipinski definition) is 4. The molecule has 0 aliphatic carbocycles. The Morgan fingerprint density at radius 1 is 1.30 bits per heavy atom. The molecule has 110 valence electrons. The standard InChI is InChI=1S/C13H19N3O4/c1-13(2,8-17)16-10-4-3-9(7-14-10)15-11(18)5-6-12(19)20/h3-4,7,17H,5-6,8H2,1-2H3,(H,14,16)(H,15,18)(H,19,20). The van der Waals surface area contributed by atoms with Crippen LogP contribution in [0.3, 0.4) is 0 Å². The monoisotopic (exact) mass is 281 g/mol. The molecule has 0 spiro atoms. The summed E-state index contributed by atoms with van der Waals surface area (Å²) in [5.41, 5.74) is 0.00643. The number of nitrogens with one attached hydrogen (secondary N) is 2. The molecule has 4 N–H and O–H groups in total. The van der Waals surface area contributed by atoms with E-state index in [4.69, 9.17) is 10.2 Å². The molecule has 0 saturated carbocycles. The van der Waals surface area contributed by atoms with Gasteiger partial charge in [0.05, 0.1) is 30.5 Å². The lowest BCUT2D eigenvalue weighted by Crippen LogP contribution is -2.35. The molecule has 1 amide bonds. The lowest BCUT2D eigenvalue weighted by molar-refractivity contribution is -0.138. The number of aliphatic hydroxyl groups is 1. The van der Waals surface area contributed by atoms with Crippen LogP contribution in [0, 0.1) is 0 Å². The van der Waals surface area contributed by atoms with E-state index in [-0.39, 0.29) is 25.4 Å². The first-order valence-corrected chi connectivity index (χ1v) is 6.19. The SMILES string of the molecule is CC(C)(CO)Nc1ccc(NC(=O)CCC(=O)O)cn1. The Morgan fingerprint density at radius 3 is 2.50 bits per heavy atom. The molecule has 0 saturated heterocycles. The highest BCUT2D eigenvalue weighted by molar-refractivity contribution is 5.92. The first kappa shape index (κ1) is 15.9. The van der Waals surface area contributed by atoms with E-state index in [0.29, 0.717) is 11.5 Å². The lowest BCUT2D eigenvalue weighted by atomic mass is 10.1. The van der Waals surface area contributed by atoms with Crippen LogP contribution in [0.15, 0.2) is 18.3 Å². The van der Waals surface area contributed by atoms with Crippen LogP contribution >= 0.6 is 0 Å². The molecule has 0 radical (unpaired) electrons. The third-order valence-electron chi connectivity index (χ3n) is 2.47. The summed E-state index contributed by atoms with van der Waals surface area (Å²) >= 11 is 0. The second kappa shape index (κ2) is 6.85. The largest absolute Gasteiger partial charge is 0.481 e. The van der Waals surface area contributed by atoms with E-state index < -0.39 is 11.5 Å². The third-order valence-corrected chi connectivity index (χ3v) is 2.47. The van der Waals surface area contributed by atoms with Crippen molar-refractivity contribution in [3.63, 3.8) is 0 Å². The average Bonchev–Trinajstić information content (AvgIpc) is 2.38. The minimum Gasteiger partial charge on any atom is -0.481 e. The number of aliphatic hydroxyl groups excluding tert-OH is 1. The van der Waals surface area contributed by atoms with Crippen LogP contribution in [0.4, 0.5) is 11.5 Å². The molecule has 1 aromatic rings. The lowest BCUT2D eigenvalue weighted by Gasteiger charge is -2.24. The summed E-state index contributed by atoms with van der Waals surface area (Å²) in [6.07, 6.45) is 1.19. The molecule has 0 aliphatic heterocycles. The number of rotatable bonds is 7. The predicted octanol–water partition coefficient (Wildman–Crippen LogP) is 1.07. The number of pyridine rings is 1. The van der Waals surface area contributed by atoms with Gasteiger partial charge in [0.2, 0.25) is 5.91 Å². The number of carbonyl (C=O) groups excluding carboxylic acids is 1. The van der Waals surface area contributed by atoms with E-state index >= 15 is 0 Å². The topological polar surface area (TPSA) is 112 Å². The van der Waals surface area contributed by atoms with Crippen LogP contribution in [0.1, 0.15) is 26.7 Å². The second-order valence-electron chi connectivity index (χ2n) is 5.04. The molecular formula is C13H19N3O4. The Labute approximate surface area is 117 Å². The van der Waals surface area contributed by atoms with Crippen molar-refractivity contribution in [2.75, 3.05) is 17.2 Å². The van der Waals surface area contributed by atoms with E-state index in [1.54, 1.807) is 12.1 Å². The van der Waals surface area contributed by atoms with Gasteiger partial charge in [-0.15, -0.1) is 0 Å². The molecule has 0 unspecified atom stereocenters. The zero-order valence-corrected chi connectivity index (χ0v) is 11.5. The summed E-state index contributed by atoms with van der Waals surface area (Å²) in [7, 11) is 0. The van der Waals surface area contributed by atoms with Crippen LogP contribution in [0.25, 0.3) is 0 Å². The van der Waals surface area contributed by atoms with E-state index in [1.807, 2.05) is 13.8 Å².